The lowest BCUT2D eigenvalue weighted by Gasteiger charge is -2.28. The molecule has 4 rings (SSSR count). The Morgan fingerprint density at radius 3 is 2.53 bits per heavy atom. The largest absolute Gasteiger partial charge is 0.493 e. The fourth-order valence-corrected chi connectivity index (χ4v) is 4.70. The Bertz CT molecular complexity index is 1160. The van der Waals surface area contributed by atoms with Gasteiger partial charge in [0.05, 0.1) is 31.3 Å². The Morgan fingerprint density at radius 2 is 1.86 bits per heavy atom. The molecule has 2 aliphatic heterocycles. The lowest BCUT2D eigenvalue weighted by Crippen LogP contribution is -2.36. The monoisotopic (exact) mass is 511 g/mol. The number of nitrogens with zero attached hydrogens (tertiary/aromatic N) is 2. The maximum atomic E-state index is 13.0. The van der Waals surface area contributed by atoms with Crippen molar-refractivity contribution in [1.29, 1.82) is 0 Å². The van der Waals surface area contributed by atoms with Crippen molar-refractivity contribution in [1.82, 2.24) is 4.90 Å². The molecule has 2 aliphatic rings. The minimum atomic E-state index is -0.527. The molecule has 36 heavy (non-hydrogen) atoms. The second-order valence-corrected chi connectivity index (χ2v) is 9.50. The van der Waals surface area contributed by atoms with Crippen LogP contribution >= 0.6 is 11.8 Å². The van der Waals surface area contributed by atoms with E-state index in [-0.39, 0.29) is 17.6 Å². The van der Waals surface area contributed by atoms with Crippen LogP contribution in [0, 0.1) is 0 Å². The van der Waals surface area contributed by atoms with Crippen LogP contribution in [0.4, 0.5) is 16.2 Å². The molecule has 0 aliphatic carbocycles. The molecular formula is C26H29N3O6S. The molecule has 2 aromatic rings. The predicted octanol–water partition coefficient (Wildman–Crippen LogP) is 3.99. The predicted molar refractivity (Wildman–Crippen MR) is 140 cm³/mol. The minimum Gasteiger partial charge on any atom is -0.493 e. The Hall–Kier alpha value is -3.50. The van der Waals surface area contributed by atoms with E-state index in [4.69, 9.17) is 14.2 Å². The molecule has 0 aromatic heterocycles. The lowest BCUT2D eigenvalue weighted by molar-refractivity contribution is -0.127. The molecule has 10 heteroatoms. The number of hydrogen-bond acceptors (Lipinski definition) is 8. The minimum absolute atomic E-state index is 0.116. The molecular weight excluding hydrogens is 482 g/mol. The number of nitrogens with one attached hydrogen (secondary N) is 1. The van der Waals surface area contributed by atoms with Gasteiger partial charge in [0.25, 0.3) is 11.1 Å². The molecule has 2 fully saturated rings. The summed E-state index contributed by atoms with van der Waals surface area (Å²) in [4.78, 5) is 41.5. The summed E-state index contributed by atoms with van der Waals surface area (Å²) in [6, 6.07) is 12.8. The zero-order valence-corrected chi connectivity index (χ0v) is 21.3. The van der Waals surface area contributed by atoms with E-state index in [2.05, 4.69) is 10.2 Å². The summed E-state index contributed by atoms with van der Waals surface area (Å²) in [6.45, 7) is 6.42. The highest BCUT2D eigenvalue weighted by atomic mass is 32.2. The van der Waals surface area contributed by atoms with Crippen molar-refractivity contribution in [2.24, 2.45) is 0 Å². The van der Waals surface area contributed by atoms with Crippen molar-refractivity contribution in [3.05, 3.63) is 52.9 Å². The molecule has 0 unspecified atom stereocenters. The van der Waals surface area contributed by atoms with Gasteiger partial charge in [0.15, 0.2) is 11.5 Å². The van der Waals surface area contributed by atoms with E-state index in [1.54, 1.807) is 36.4 Å². The van der Waals surface area contributed by atoms with E-state index in [0.717, 1.165) is 35.4 Å². The zero-order chi connectivity index (χ0) is 25.7. The fraction of sp³-hybridized carbons (Fsp3) is 0.346. The number of hydrogen-bond donors (Lipinski definition) is 1. The highest BCUT2D eigenvalue weighted by Gasteiger charge is 2.36. The summed E-state index contributed by atoms with van der Waals surface area (Å²) in [5.41, 5.74) is 2.25. The molecule has 1 N–H and O–H groups in total. The van der Waals surface area contributed by atoms with Crippen LogP contribution in [0.2, 0.25) is 0 Å². The van der Waals surface area contributed by atoms with Crippen molar-refractivity contribution < 1.29 is 28.6 Å². The number of amides is 3. The summed E-state index contributed by atoms with van der Waals surface area (Å²) in [5.74, 6) is 0.0276. The third kappa shape index (κ3) is 6.00. The Balaban J connectivity index is 1.42. The van der Waals surface area contributed by atoms with Crippen molar-refractivity contribution in [2.45, 2.75) is 20.0 Å². The summed E-state index contributed by atoms with van der Waals surface area (Å²) in [6.07, 6.45) is 1.48. The number of thioether (sulfide) groups is 1. The molecule has 2 saturated heterocycles. The number of carbonyl (C=O) groups is 3. The number of benzene rings is 2. The SMILES string of the molecule is COc1cccc(/C=C2/SC(=O)N(CC(=O)Nc3ccc(N4CCOCC4)cc3)C2=O)c1OC(C)C. The van der Waals surface area contributed by atoms with Crippen LogP contribution in [0.25, 0.3) is 6.08 Å². The summed E-state index contributed by atoms with van der Waals surface area (Å²) >= 11 is 0.790. The first-order chi connectivity index (χ1) is 17.4. The van der Waals surface area contributed by atoms with Crippen LogP contribution in [0.3, 0.4) is 0 Å². The van der Waals surface area contributed by atoms with E-state index in [9.17, 15) is 14.4 Å². The lowest BCUT2D eigenvalue weighted by atomic mass is 10.1. The summed E-state index contributed by atoms with van der Waals surface area (Å²) < 4.78 is 16.6. The van der Waals surface area contributed by atoms with E-state index < -0.39 is 17.1 Å². The van der Waals surface area contributed by atoms with E-state index >= 15 is 0 Å². The number of para-hydroxylation sites is 1. The normalized spacial score (nSPS) is 17.2. The van der Waals surface area contributed by atoms with Crippen molar-refractivity contribution in [3.63, 3.8) is 0 Å². The number of ether oxygens (including phenoxy) is 3. The quantitative estimate of drug-likeness (QED) is 0.532. The van der Waals surface area contributed by atoms with E-state index in [1.807, 2.05) is 26.0 Å². The van der Waals surface area contributed by atoms with Gasteiger partial charge in [-0.15, -0.1) is 0 Å². The van der Waals surface area contributed by atoms with Gasteiger partial charge in [0.1, 0.15) is 6.54 Å². The number of carbonyl (C=O) groups excluding carboxylic acids is 3. The third-order valence-electron chi connectivity index (χ3n) is 5.57. The van der Waals surface area contributed by atoms with Gasteiger partial charge in [-0.3, -0.25) is 19.3 Å². The Kier molecular flexibility index (Phi) is 8.17. The highest BCUT2D eigenvalue weighted by molar-refractivity contribution is 8.18. The van der Waals surface area contributed by atoms with Crippen LogP contribution in [-0.2, 0) is 14.3 Å². The van der Waals surface area contributed by atoms with Crippen LogP contribution in [0.15, 0.2) is 47.4 Å². The first-order valence-corrected chi connectivity index (χ1v) is 12.5. The molecule has 0 spiro atoms. The second-order valence-electron chi connectivity index (χ2n) is 8.51. The van der Waals surface area contributed by atoms with Crippen LogP contribution in [-0.4, -0.2) is 68.0 Å². The number of rotatable bonds is 8. The van der Waals surface area contributed by atoms with Crippen LogP contribution in [0.5, 0.6) is 11.5 Å². The summed E-state index contributed by atoms with van der Waals surface area (Å²) in [7, 11) is 1.54. The average molecular weight is 512 g/mol. The number of imide groups is 1. The molecule has 0 bridgehead atoms. The second kappa shape index (κ2) is 11.5. The molecule has 0 saturated carbocycles. The Morgan fingerprint density at radius 1 is 1.14 bits per heavy atom. The Labute approximate surface area is 214 Å². The molecule has 9 nitrogen and oxygen atoms in total. The smallest absolute Gasteiger partial charge is 0.294 e. The number of anilines is 2. The van der Waals surface area contributed by atoms with Crippen molar-refractivity contribution >= 4 is 46.3 Å². The van der Waals surface area contributed by atoms with E-state index in [0.29, 0.717) is 36.0 Å². The van der Waals surface area contributed by atoms with Crippen molar-refractivity contribution in [3.8, 4) is 11.5 Å². The average Bonchev–Trinajstić information content (AvgIpc) is 3.13. The van der Waals surface area contributed by atoms with Gasteiger partial charge in [-0.05, 0) is 62.0 Å². The van der Waals surface area contributed by atoms with Gasteiger partial charge in [0.2, 0.25) is 5.91 Å². The molecule has 0 radical (unpaired) electrons. The maximum absolute atomic E-state index is 13.0. The molecule has 0 atom stereocenters. The van der Waals surface area contributed by atoms with E-state index in [1.165, 1.54) is 7.11 Å². The van der Waals surface area contributed by atoms with Gasteiger partial charge in [-0.1, -0.05) is 12.1 Å². The molecule has 190 valence electrons. The van der Waals surface area contributed by atoms with Gasteiger partial charge >= 0.3 is 0 Å². The molecule has 3 amide bonds. The third-order valence-corrected chi connectivity index (χ3v) is 6.48. The first kappa shape index (κ1) is 25.6. The van der Waals surface area contributed by atoms with Gasteiger partial charge < -0.3 is 24.4 Å². The molecule has 2 aromatic carbocycles. The number of methoxy groups -OCH3 is 1. The topological polar surface area (TPSA) is 97.4 Å². The fourth-order valence-electron chi connectivity index (χ4n) is 3.87. The van der Waals surface area contributed by atoms with Crippen LogP contribution < -0.4 is 19.7 Å². The summed E-state index contributed by atoms with van der Waals surface area (Å²) in [5, 5.41) is 2.26. The van der Waals surface area contributed by atoms with Crippen molar-refractivity contribution in [2.75, 3.05) is 50.2 Å². The van der Waals surface area contributed by atoms with Gasteiger partial charge in [-0.2, -0.15) is 0 Å². The van der Waals surface area contributed by atoms with Gasteiger partial charge in [-0.25, -0.2) is 0 Å². The molecule has 2 heterocycles. The highest BCUT2D eigenvalue weighted by Crippen LogP contribution is 2.37. The number of morpholine rings is 1. The standard InChI is InChI=1S/C26H29N3O6S/c1-17(2)35-24-18(5-4-6-21(24)33-3)15-22-25(31)29(26(32)36-22)16-23(30)27-19-7-9-20(10-8-19)28-11-13-34-14-12-28/h4-10,15,17H,11-14,16H2,1-3H3,(H,27,30)/b22-15+. The maximum Gasteiger partial charge on any atom is 0.294 e. The first-order valence-electron chi connectivity index (χ1n) is 11.7. The zero-order valence-electron chi connectivity index (χ0n) is 20.5. The van der Waals surface area contributed by atoms with Gasteiger partial charge in [0, 0.05) is 30.0 Å². The van der Waals surface area contributed by atoms with Crippen LogP contribution in [0.1, 0.15) is 19.4 Å².